The maximum absolute atomic E-state index is 5.87. The van der Waals surface area contributed by atoms with E-state index in [0.717, 1.165) is 12.5 Å². The molecule has 0 amide bonds. The smallest absolute Gasteiger partial charge is 0.000394 e. The van der Waals surface area contributed by atoms with Crippen molar-refractivity contribution >= 4 is 11.8 Å². The Morgan fingerprint density at radius 3 is 2.73 bits per heavy atom. The highest BCUT2D eigenvalue weighted by Gasteiger charge is 2.44. The highest BCUT2D eigenvalue weighted by molar-refractivity contribution is 7.99. The van der Waals surface area contributed by atoms with Crippen LogP contribution in [0.3, 0.4) is 0 Å². The molecule has 64 valence electrons. The summed E-state index contributed by atoms with van der Waals surface area (Å²) in [6.45, 7) is 0.935. The molecule has 0 aromatic rings. The van der Waals surface area contributed by atoms with Crippen LogP contribution < -0.4 is 5.73 Å². The summed E-state index contributed by atoms with van der Waals surface area (Å²) in [4.78, 5) is 0. The Kier molecular flexibility index (Phi) is 2.15. The van der Waals surface area contributed by atoms with E-state index in [1.807, 2.05) is 0 Å². The molecule has 1 saturated heterocycles. The summed E-state index contributed by atoms with van der Waals surface area (Å²) in [5.41, 5.74) is 6.44. The van der Waals surface area contributed by atoms with Gasteiger partial charge in [-0.3, -0.25) is 0 Å². The van der Waals surface area contributed by atoms with Crippen LogP contribution in [-0.2, 0) is 0 Å². The SMILES string of the molecule is NCC1(C2CC2)CCCSC1. The number of hydrogen-bond acceptors (Lipinski definition) is 2. The van der Waals surface area contributed by atoms with E-state index in [1.165, 1.54) is 37.2 Å². The number of thioether (sulfide) groups is 1. The maximum atomic E-state index is 5.87. The molecule has 0 bridgehead atoms. The van der Waals surface area contributed by atoms with Gasteiger partial charge in [-0.05, 0) is 49.3 Å². The van der Waals surface area contributed by atoms with E-state index in [4.69, 9.17) is 5.73 Å². The third kappa shape index (κ3) is 1.43. The van der Waals surface area contributed by atoms with Gasteiger partial charge in [0, 0.05) is 5.75 Å². The zero-order valence-corrected chi connectivity index (χ0v) is 7.83. The Morgan fingerprint density at radius 2 is 2.27 bits per heavy atom. The van der Waals surface area contributed by atoms with Crippen LogP contribution in [0.25, 0.3) is 0 Å². The second-order valence-electron chi connectivity index (χ2n) is 4.00. The van der Waals surface area contributed by atoms with Gasteiger partial charge >= 0.3 is 0 Å². The molecule has 2 rings (SSSR count). The summed E-state index contributed by atoms with van der Waals surface area (Å²) in [6, 6.07) is 0. The van der Waals surface area contributed by atoms with Gasteiger partial charge in [0.2, 0.25) is 0 Å². The van der Waals surface area contributed by atoms with Gasteiger partial charge in [-0.25, -0.2) is 0 Å². The molecule has 0 spiro atoms. The Balaban J connectivity index is 2.01. The molecule has 2 fully saturated rings. The topological polar surface area (TPSA) is 26.0 Å². The van der Waals surface area contributed by atoms with Crippen molar-refractivity contribution in [1.82, 2.24) is 0 Å². The molecule has 0 aromatic heterocycles. The van der Waals surface area contributed by atoms with E-state index in [9.17, 15) is 0 Å². The molecule has 0 radical (unpaired) electrons. The summed E-state index contributed by atoms with van der Waals surface area (Å²) in [5, 5.41) is 0. The van der Waals surface area contributed by atoms with Crippen LogP contribution in [0, 0.1) is 11.3 Å². The molecule has 1 heterocycles. The zero-order valence-electron chi connectivity index (χ0n) is 7.01. The second-order valence-corrected chi connectivity index (χ2v) is 5.10. The fourth-order valence-electron chi connectivity index (χ4n) is 2.22. The molecule has 0 aromatic carbocycles. The highest BCUT2D eigenvalue weighted by atomic mass is 32.2. The summed E-state index contributed by atoms with van der Waals surface area (Å²) in [7, 11) is 0. The first kappa shape index (κ1) is 7.93. The van der Waals surface area contributed by atoms with Crippen LogP contribution in [0.2, 0.25) is 0 Å². The van der Waals surface area contributed by atoms with Gasteiger partial charge in [0.25, 0.3) is 0 Å². The largest absolute Gasteiger partial charge is 0.330 e. The van der Waals surface area contributed by atoms with E-state index in [1.54, 1.807) is 0 Å². The van der Waals surface area contributed by atoms with Crippen LogP contribution >= 0.6 is 11.8 Å². The van der Waals surface area contributed by atoms with E-state index in [-0.39, 0.29) is 0 Å². The standard InChI is InChI=1S/C9H17NS/c10-6-9(8-2-3-8)4-1-5-11-7-9/h8H,1-7,10H2. The average Bonchev–Trinajstić information content (AvgIpc) is 2.88. The lowest BCUT2D eigenvalue weighted by Crippen LogP contribution is -2.37. The van der Waals surface area contributed by atoms with Crippen LogP contribution in [-0.4, -0.2) is 18.1 Å². The van der Waals surface area contributed by atoms with Crippen LogP contribution in [0.1, 0.15) is 25.7 Å². The van der Waals surface area contributed by atoms with Gasteiger partial charge in [0.1, 0.15) is 0 Å². The highest BCUT2D eigenvalue weighted by Crippen LogP contribution is 2.51. The molecular weight excluding hydrogens is 154 g/mol. The van der Waals surface area contributed by atoms with Crippen molar-refractivity contribution < 1.29 is 0 Å². The van der Waals surface area contributed by atoms with Crippen molar-refractivity contribution in [3.05, 3.63) is 0 Å². The van der Waals surface area contributed by atoms with Crippen LogP contribution in [0.5, 0.6) is 0 Å². The van der Waals surface area contributed by atoms with Gasteiger partial charge < -0.3 is 5.73 Å². The van der Waals surface area contributed by atoms with Gasteiger partial charge in [0.15, 0.2) is 0 Å². The Morgan fingerprint density at radius 1 is 1.45 bits per heavy atom. The van der Waals surface area contributed by atoms with Gasteiger partial charge in [-0.15, -0.1) is 0 Å². The summed E-state index contributed by atoms with van der Waals surface area (Å²) >= 11 is 2.11. The van der Waals surface area contributed by atoms with E-state index >= 15 is 0 Å². The molecule has 11 heavy (non-hydrogen) atoms. The molecule has 2 aliphatic rings. The fourth-order valence-corrected chi connectivity index (χ4v) is 3.62. The van der Waals surface area contributed by atoms with Crippen molar-refractivity contribution in [2.24, 2.45) is 17.1 Å². The fraction of sp³-hybridized carbons (Fsp3) is 1.00. The predicted molar refractivity (Wildman–Crippen MR) is 50.8 cm³/mol. The summed E-state index contributed by atoms with van der Waals surface area (Å²) in [5.74, 6) is 3.71. The molecule has 2 heteroatoms. The number of rotatable bonds is 2. The molecule has 1 atom stereocenters. The normalized spacial score (nSPS) is 39.0. The lowest BCUT2D eigenvalue weighted by molar-refractivity contribution is 0.260. The van der Waals surface area contributed by atoms with Gasteiger partial charge in [0.05, 0.1) is 0 Å². The second kappa shape index (κ2) is 2.98. The monoisotopic (exact) mass is 171 g/mol. The first-order valence-electron chi connectivity index (χ1n) is 4.65. The summed E-state index contributed by atoms with van der Waals surface area (Å²) < 4.78 is 0. The lowest BCUT2D eigenvalue weighted by atomic mass is 9.80. The lowest BCUT2D eigenvalue weighted by Gasteiger charge is -2.36. The third-order valence-electron chi connectivity index (χ3n) is 3.20. The molecule has 1 saturated carbocycles. The van der Waals surface area contributed by atoms with Gasteiger partial charge in [-0.2, -0.15) is 11.8 Å². The average molecular weight is 171 g/mol. The molecule has 1 aliphatic carbocycles. The number of hydrogen-bond donors (Lipinski definition) is 1. The minimum atomic E-state index is 0.572. The van der Waals surface area contributed by atoms with E-state index in [0.29, 0.717) is 5.41 Å². The minimum absolute atomic E-state index is 0.572. The number of nitrogens with two attached hydrogens (primary N) is 1. The van der Waals surface area contributed by atoms with Gasteiger partial charge in [-0.1, -0.05) is 0 Å². The maximum Gasteiger partial charge on any atom is 0.000394 e. The van der Waals surface area contributed by atoms with Crippen molar-refractivity contribution in [2.75, 3.05) is 18.1 Å². The first-order chi connectivity index (χ1) is 5.37. The van der Waals surface area contributed by atoms with Crippen molar-refractivity contribution in [3.63, 3.8) is 0 Å². The van der Waals surface area contributed by atoms with Crippen LogP contribution in [0.4, 0.5) is 0 Å². The van der Waals surface area contributed by atoms with Crippen molar-refractivity contribution in [2.45, 2.75) is 25.7 Å². The van der Waals surface area contributed by atoms with E-state index < -0.39 is 0 Å². The molecule has 1 unspecified atom stereocenters. The first-order valence-corrected chi connectivity index (χ1v) is 5.81. The molecular formula is C9H17NS. The third-order valence-corrected chi connectivity index (χ3v) is 4.56. The quantitative estimate of drug-likeness (QED) is 0.686. The molecule has 2 N–H and O–H groups in total. The predicted octanol–water partition coefficient (Wildman–Crippen LogP) is 1.87. The minimum Gasteiger partial charge on any atom is -0.330 e. The summed E-state index contributed by atoms with van der Waals surface area (Å²) in [6.07, 6.45) is 5.72. The zero-order chi connectivity index (χ0) is 7.73. The molecule has 1 aliphatic heterocycles. The van der Waals surface area contributed by atoms with E-state index in [2.05, 4.69) is 11.8 Å². The Hall–Kier alpha value is 0.310. The van der Waals surface area contributed by atoms with Crippen molar-refractivity contribution in [1.29, 1.82) is 0 Å². The van der Waals surface area contributed by atoms with Crippen LogP contribution in [0.15, 0.2) is 0 Å². The molecule has 1 nitrogen and oxygen atoms in total. The Labute approximate surface area is 73.1 Å². The van der Waals surface area contributed by atoms with Crippen molar-refractivity contribution in [3.8, 4) is 0 Å². The Bertz CT molecular complexity index is 136.